The molecule has 0 fully saturated rings. The van der Waals surface area contributed by atoms with Crippen LogP contribution in [0.1, 0.15) is 5.56 Å². The predicted molar refractivity (Wildman–Crippen MR) is 53.8 cm³/mol. The number of rotatable bonds is 3. The molecule has 3 nitrogen and oxygen atoms in total. The van der Waals surface area contributed by atoms with E-state index in [9.17, 15) is 4.79 Å². The molecule has 14 heavy (non-hydrogen) atoms. The van der Waals surface area contributed by atoms with E-state index in [0.717, 1.165) is 11.6 Å². The molecule has 3 heteroatoms. The third kappa shape index (κ3) is 3.58. The summed E-state index contributed by atoms with van der Waals surface area (Å²) in [5.74, 6) is -1.44. The molecule has 0 atom stereocenters. The van der Waals surface area contributed by atoms with Crippen LogP contribution in [-0.4, -0.2) is 16.2 Å². The van der Waals surface area contributed by atoms with Crippen LogP contribution < -0.4 is 0 Å². The highest BCUT2D eigenvalue weighted by Crippen LogP contribution is 2.03. The first-order valence-corrected chi connectivity index (χ1v) is 4.05. The van der Waals surface area contributed by atoms with E-state index in [1.54, 1.807) is 6.08 Å². The minimum atomic E-state index is -1.17. The third-order valence-electron chi connectivity index (χ3n) is 1.52. The van der Waals surface area contributed by atoms with Gasteiger partial charge in [0.05, 0.1) is 6.08 Å². The summed E-state index contributed by atoms with van der Waals surface area (Å²) < 4.78 is 0. The van der Waals surface area contributed by atoms with Gasteiger partial charge in [-0.05, 0) is 11.6 Å². The molecule has 0 aromatic heterocycles. The van der Waals surface area contributed by atoms with Gasteiger partial charge in [0.25, 0.3) is 0 Å². The highest BCUT2D eigenvalue weighted by molar-refractivity contribution is 5.81. The quantitative estimate of drug-likeness (QED) is 0.436. The van der Waals surface area contributed by atoms with Gasteiger partial charge in [-0.1, -0.05) is 36.4 Å². The van der Waals surface area contributed by atoms with Crippen molar-refractivity contribution >= 4 is 12.0 Å². The van der Waals surface area contributed by atoms with Crippen molar-refractivity contribution in [2.45, 2.75) is 0 Å². The van der Waals surface area contributed by atoms with E-state index in [2.05, 4.69) is 0 Å². The van der Waals surface area contributed by atoms with Crippen molar-refractivity contribution in [3.63, 3.8) is 0 Å². The van der Waals surface area contributed by atoms with E-state index in [-0.39, 0.29) is 5.76 Å². The third-order valence-corrected chi connectivity index (χ3v) is 1.52. The number of carboxylic acid groups (broad SMARTS) is 1. The minimum Gasteiger partial charge on any atom is -0.508 e. The highest BCUT2D eigenvalue weighted by atomic mass is 16.4. The fraction of sp³-hybridized carbons (Fsp3) is 0. The van der Waals surface area contributed by atoms with Crippen LogP contribution in [0.3, 0.4) is 0 Å². The molecule has 0 amide bonds. The van der Waals surface area contributed by atoms with Gasteiger partial charge in [0, 0.05) is 0 Å². The lowest BCUT2D eigenvalue weighted by atomic mass is 10.2. The molecule has 0 spiro atoms. The van der Waals surface area contributed by atoms with Crippen molar-refractivity contribution in [3.8, 4) is 0 Å². The van der Waals surface area contributed by atoms with Crippen LogP contribution in [0.25, 0.3) is 6.08 Å². The SMILES string of the molecule is O=C(O)/C=C(\O)C=Cc1ccccc1. The molecule has 2 N–H and O–H groups in total. The Morgan fingerprint density at radius 1 is 1.14 bits per heavy atom. The van der Waals surface area contributed by atoms with Crippen molar-refractivity contribution in [1.29, 1.82) is 0 Å². The number of aliphatic hydroxyl groups excluding tert-OH is 1. The summed E-state index contributed by atoms with van der Waals surface area (Å²) in [6, 6.07) is 9.30. The number of hydrogen-bond donors (Lipinski definition) is 2. The lowest BCUT2D eigenvalue weighted by Crippen LogP contribution is -1.89. The number of benzene rings is 1. The molecule has 0 aliphatic rings. The van der Waals surface area contributed by atoms with E-state index in [1.807, 2.05) is 30.3 Å². The Labute approximate surface area is 81.6 Å². The van der Waals surface area contributed by atoms with Crippen molar-refractivity contribution in [3.05, 3.63) is 53.8 Å². The monoisotopic (exact) mass is 190 g/mol. The molecule has 0 saturated heterocycles. The van der Waals surface area contributed by atoms with Gasteiger partial charge in [-0.2, -0.15) is 0 Å². The van der Waals surface area contributed by atoms with Crippen LogP contribution in [0.4, 0.5) is 0 Å². The molecule has 1 aromatic rings. The van der Waals surface area contributed by atoms with Crippen LogP contribution in [0.15, 0.2) is 48.2 Å². The number of hydrogen-bond acceptors (Lipinski definition) is 2. The van der Waals surface area contributed by atoms with Gasteiger partial charge in [0.15, 0.2) is 0 Å². The van der Waals surface area contributed by atoms with Crippen molar-refractivity contribution in [2.24, 2.45) is 0 Å². The maximum absolute atomic E-state index is 10.2. The van der Waals surface area contributed by atoms with Crippen LogP contribution in [0.5, 0.6) is 0 Å². The Bertz CT molecular complexity index is 363. The molecule has 0 aliphatic heterocycles. The summed E-state index contributed by atoms with van der Waals surface area (Å²) in [7, 11) is 0. The molecule has 1 aromatic carbocycles. The standard InChI is InChI=1S/C11H10O3/c12-10(8-11(13)14)7-6-9-4-2-1-3-5-9/h1-8,12H,(H,13,14)/b7-6?,10-8-. The molecule has 0 saturated carbocycles. The van der Waals surface area contributed by atoms with Gasteiger partial charge in [-0.25, -0.2) is 4.79 Å². The fourth-order valence-electron chi connectivity index (χ4n) is 0.920. The lowest BCUT2D eigenvalue weighted by molar-refractivity contribution is -0.131. The lowest BCUT2D eigenvalue weighted by Gasteiger charge is -1.91. The summed E-state index contributed by atoms with van der Waals surface area (Å²) in [6.45, 7) is 0. The maximum Gasteiger partial charge on any atom is 0.332 e. The second-order valence-corrected chi connectivity index (χ2v) is 2.65. The van der Waals surface area contributed by atoms with Crippen molar-refractivity contribution in [2.75, 3.05) is 0 Å². The van der Waals surface area contributed by atoms with Gasteiger partial charge in [-0.15, -0.1) is 0 Å². The first-order chi connectivity index (χ1) is 6.68. The van der Waals surface area contributed by atoms with Crippen molar-refractivity contribution < 1.29 is 15.0 Å². The van der Waals surface area contributed by atoms with Crippen LogP contribution in [-0.2, 0) is 4.79 Å². The summed E-state index contributed by atoms with van der Waals surface area (Å²) in [4.78, 5) is 10.2. The number of carboxylic acids is 1. The second-order valence-electron chi connectivity index (χ2n) is 2.65. The first-order valence-electron chi connectivity index (χ1n) is 4.05. The smallest absolute Gasteiger partial charge is 0.332 e. The molecular weight excluding hydrogens is 180 g/mol. The largest absolute Gasteiger partial charge is 0.508 e. The van der Waals surface area contributed by atoms with Gasteiger partial charge < -0.3 is 10.2 Å². The molecule has 0 radical (unpaired) electrons. The Balaban J connectivity index is 2.70. The Kier molecular flexibility index (Phi) is 3.49. The first kappa shape index (κ1) is 10.1. The molecule has 0 bridgehead atoms. The van der Waals surface area contributed by atoms with Crippen LogP contribution >= 0.6 is 0 Å². The van der Waals surface area contributed by atoms with Crippen molar-refractivity contribution in [1.82, 2.24) is 0 Å². The predicted octanol–water partition coefficient (Wildman–Crippen LogP) is 2.23. The second kappa shape index (κ2) is 4.87. The number of allylic oxidation sites excluding steroid dienone is 1. The minimum absolute atomic E-state index is 0.277. The van der Waals surface area contributed by atoms with Gasteiger partial charge in [0.2, 0.25) is 0 Å². The molecule has 0 unspecified atom stereocenters. The van der Waals surface area contributed by atoms with Gasteiger partial charge in [-0.3, -0.25) is 0 Å². The van der Waals surface area contributed by atoms with E-state index in [0.29, 0.717) is 0 Å². The van der Waals surface area contributed by atoms with E-state index in [1.165, 1.54) is 6.08 Å². The Morgan fingerprint density at radius 3 is 2.36 bits per heavy atom. The molecule has 0 aliphatic carbocycles. The molecule has 1 rings (SSSR count). The van der Waals surface area contributed by atoms with Crippen LogP contribution in [0, 0.1) is 0 Å². The average molecular weight is 190 g/mol. The molecule has 72 valence electrons. The zero-order chi connectivity index (χ0) is 10.4. The Morgan fingerprint density at radius 2 is 1.79 bits per heavy atom. The summed E-state index contributed by atoms with van der Waals surface area (Å²) >= 11 is 0. The molecule has 0 heterocycles. The fourth-order valence-corrected chi connectivity index (χ4v) is 0.920. The van der Waals surface area contributed by atoms with Gasteiger partial charge in [0.1, 0.15) is 5.76 Å². The number of aliphatic hydroxyl groups is 1. The number of carbonyl (C=O) groups is 1. The topological polar surface area (TPSA) is 57.5 Å². The Hall–Kier alpha value is -2.03. The van der Waals surface area contributed by atoms with E-state index < -0.39 is 5.97 Å². The normalized spacial score (nSPS) is 11.9. The average Bonchev–Trinajstić information content (AvgIpc) is 2.15. The summed E-state index contributed by atoms with van der Waals surface area (Å²) in [5.41, 5.74) is 0.901. The van der Waals surface area contributed by atoms with Crippen LogP contribution in [0.2, 0.25) is 0 Å². The van der Waals surface area contributed by atoms with Gasteiger partial charge >= 0.3 is 5.97 Å². The van der Waals surface area contributed by atoms with E-state index >= 15 is 0 Å². The summed E-state index contributed by atoms with van der Waals surface area (Å²) in [6.07, 6.45) is 3.71. The molecular formula is C11H10O3. The van der Waals surface area contributed by atoms with E-state index in [4.69, 9.17) is 10.2 Å². The maximum atomic E-state index is 10.2. The summed E-state index contributed by atoms with van der Waals surface area (Å²) in [5, 5.41) is 17.4. The number of aliphatic carboxylic acids is 1. The zero-order valence-electron chi connectivity index (χ0n) is 7.42. The zero-order valence-corrected chi connectivity index (χ0v) is 7.42. The highest BCUT2D eigenvalue weighted by Gasteiger charge is 1.91.